The van der Waals surface area contributed by atoms with Crippen LogP contribution in [0.3, 0.4) is 0 Å². The Kier molecular flexibility index (Phi) is 5.97. The van der Waals surface area contributed by atoms with Crippen molar-refractivity contribution >= 4 is 17.3 Å². The fourth-order valence-electron chi connectivity index (χ4n) is 2.37. The van der Waals surface area contributed by atoms with Gasteiger partial charge in [0, 0.05) is 11.9 Å². The SMILES string of the molecule is C=CCCc1cc(F)ccc1Nc1c(C(=O)OC)ccnc1C(F)(F)F. The maximum Gasteiger partial charge on any atom is 0.435 e. The lowest BCUT2D eigenvalue weighted by molar-refractivity contribution is -0.140. The van der Waals surface area contributed by atoms with E-state index in [0.717, 1.165) is 25.4 Å². The van der Waals surface area contributed by atoms with E-state index in [1.54, 1.807) is 6.08 Å². The number of benzene rings is 1. The van der Waals surface area contributed by atoms with Crippen LogP contribution in [0, 0.1) is 5.82 Å². The molecule has 1 N–H and O–H groups in total. The van der Waals surface area contributed by atoms with Gasteiger partial charge >= 0.3 is 12.1 Å². The Balaban J connectivity index is 2.58. The molecule has 0 unspecified atom stereocenters. The number of ether oxygens (including phenoxy) is 1. The average Bonchev–Trinajstić information content (AvgIpc) is 2.60. The molecule has 0 atom stereocenters. The summed E-state index contributed by atoms with van der Waals surface area (Å²) in [5, 5.41) is 2.58. The first-order valence-electron chi connectivity index (χ1n) is 7.58. The summed E-state index contributed by atoms with van der Waals surface area (Å²) in [6.07, 6.45) is -1.45. The van der Waals surface area contributed by atoms with Gasteiger partial charge in [-0.05, 0) is 42.7 Å². The number of carbonyl (C=O) groups excluding carboxylic acids is 1. The van der Waals surface area contributed by atoms with Gasteiger partial charge < -0.3 is 10.1 Å². The number of methoxy groups -OCH3 is 1. The van der Waals surface area contributed by atoms with Crippen LogP contribution in [-0.2, 0) is 17.3 Å². The maximum atomic E-state index is 13.5. The number of anilines is 2. The minimum absolute atomic E-state index is 0.233. The second kappa shape index (κ2) is 7.99. The van der Waals surface area contributed by atoms with Gasteiger partial charge in [-0.25, -0.2) is 14.2 Å². The van der Waals surface area contributed by atoms with E-state index in [2.05, 4.69) is 21.6 Å². The monoisotopic (exact) mass is 368 g/mol. The zero-order valence-corrected chi connectivity index (χ0v) is 13.9. The number of esters is 1. The first kappa shape index (κ1) is 19.4. The van der Waals surface area contributed by atoms with E-state index >= 15 is 0 Å². The van der Waals surface area contributed by atoms with Crippen molar-refractivity contribution in [3.63, 3.8) is 0 Å². The third kappa shape index (κ3) is 4.38. The number of carbonyl (C=O) groups is 1. The highest BCUT2D eigenvalue weighted by Gasteiger charge is 2.37. The highest BCUT2D eigenvalue weighted by molar-refractivity contribution is 5.97. The van der Waals surface area contributed by atoms with E-state index in [1.165, 1.54) is 12.1 Å². The van der Waals surface area contributed by atoms with Crippen LogP contribution >= 0.6 is 0 Å². The maximum absolute atomic E-state index is 13.5. The molecule has 138 valence electrons. The Bertz CT molecular complexity index is 819. The normalized spacial score (nSPS) is 11.1. The largest absolute Gasteiger partial charge is 0.465 e. The molecule has 0 saturated carbocycles. The number of hydrogen-bond acceptors (Lipinski definition) is 4. The van der Waals surface area contributed by atoms with Crippen LogP contribution in [0.25, 0.3) is 0 Å². The second-order valence-electron chi connectivity index (χ2n) is 5.33. The van der Waals surface area contributed by atoms with Crippen molar-refractivity contribution in [1.82, 2.24) is 4.98 Å². The van der Waals surface area contributed by atoms with Crippen molar-refractivity contribution in [1.29, 1.82) is 0 Å². The molecule has 0 bridgehead atoms. The molecule has 2 rings (SSSR count). The zero-order valence-electron chi connectivity index (χ0n) is 13.9. The zero-order chi connectivity index (χ0) is 19.3. The molecule has 0 spiro atoms. The summed E-state index contributed by atoms with van der Waals surface area (Å²) < 4.78 is 58.1. The molecule has 26 heavy (non-hydrogen) atoms. The summed E-state index contributed by atoms with van der Waals surface area (Å²) in [5.74, 6) is -1.47. The summed E-state index contributed by atoms with van der Waals surface area (Å²) in [6.45, 7) is 3.57. The quantitative estimate of drug-likeness (QED) is 0.448. The van der Waals surface area contributed by atoms with Crippen LogP contribution in [0.5, 0.6) is 0 Å². The number of halogens is 4. The molecule has 2 aromatic rings. The molecule has 1 aromatic carbocycles. The van der Waals surface area contributed by atoms with Crippen LogP contribution in [0.15, 0.2) is 43.1 Å². The highest BCUT2D eigenvalue weighted by Crippen LogP contribution is 2.37. The molecule has 0 radical (unpaired) electrons. The first-order chi connectivity index (χ1) is 12.3. The number of hydrogen-bond donors (Lipinski definition) is 1. The number of alkyl halides is 3. The van der Waals surface area contributed by atoms with Crippen LogP contribution in [0.1, 0.15) is 28.0 Å². The summed E-state index contributed by atoms with van der Waals surface area (Å²) >= 11 is 0. The van der Waals surface area contributed by atoms with Crippen molar-refractivity contribution in [2.24, 2.45) is 0 Å². The summed E-state index contributed by atoms with van der Waals surface area (Å²) in [4.78, 5) is 15.2. The molecule has 0 fully saturated rings. The molecule has 0 amide bonds. The van der Waals surface area contributed by atoms with Crippen molar-refractivity contribution in [3.8, 4) is 0 Å². The van der Waals surface area contributed by atoms with Crippen molar-refractivity contribution in [2.75, 3.05) is 12.4 Å². The van der Waals surface area contributed by atoms with Gasteiger partial charge in [-0.1, -0.05) is 6.08 Å². The summed E-state index contributed by atoms with van der Waals surface area (Å²) in [7, 11) is 1.06. The summed E-state index contributed by atoms with van der Waals surface area (Å²) in [5.41, 5.74) is -1.46. The average molecular weight is 368 g/mol. The molecule has 1 heterocycles. The van der Waals surface area contributed by atoms with E-state index in [9.17, 15) is 22.4 Å². The van der Waals surface area contributed by atoms with Gasteiger partial charge in [-0.2, -0.15) is 13.2 Å². The second-order valence-corrected chi connectivity index (χ2v) is 5.33. The predicted octanol–water partition coefficient (Wildman–Crippen LogP) is 4.89. The number of allylic oxidation sites excluding steroid dienone is 1. The van der Waals surface area contributed by atoms with E-state index in [1.807, 2.05) is 0 Å². The third-order valence-electron chi connectivity index (χ3n) is 3.57. The molecular formula is C18H16F4N2O2. The van der Waals surface area contributed by atoms with Crippen LogP contribution in [0.4, 0.5) is 28.9 Å². The van der Waals surface area contributed by atoms with Gasteiger partial charge in [0.15, 0.2) is 5.69 Å². The Hall–Kier alpha value is -2.90. The number of aryl methyl sites for hydroxylation is 1. The number of rotatable bonds is 6. The Morgan fingerprint density at radius 3 is 2.69 bits per heavy atom. The molecule has 0 aliphatic rings. The lowest BCUT2D eigenvalue weighted by atomic mass is 10.1. The highest BCUT2D eigenvalue weighted by atomic mass is 19.4. The number of nitrogens with one attached hydrogen (secondary N) is 1. The Labute approximate surface area is 147 Å². The van der Waals surface area contributed by atoms with Gasteiger partial charge in [-0.15, -0.1) is 6.58 Å². The van der Waals surface area contributed by atoms with Gasteiger partial charge in [0.05, 0.1) is 18.4 Å². The molecule has 8 heteroatoms. The Morgan fingerprint density at radius 2 is 2.08 bits per heavy atom. The lowest BCUT2D eigenvalue weighted by Crippen LogP contribution is -2.16. The number of nitrogens with zero attached hydrogens (tertiary/aromatic N) is 1. The topological polar surface area (TPSA) is 51.2 Å². The number of pyridine rings is 1. The molecular weight excluding hydrogens is 352 g/mol. The van der Waals surface area contributed by atoms with Crippen LogP contribution in [-0.4, -0.2) is 18.1 Å². The van der Waals surface area contributed by atoms with Gasteiger partial charge in [-0.3, -0.25) is 0 Å². The predicted molar refractivity (Wildman–Crippen MR) is 88.8 cm³/mol. The fourth-order valence-corrected chi connectivity index (χ4v) is 2.37. The van der Waals surface area contributed by atoms with Crippen molar-refractivity contribution in [3.05, 3.63) is 65.8 Å². The van der Waals surface area contributed by atoms with Crippen molar-refractivity contribution < 1.29 is 27.1 Å². The summed E-state index contributed by atoms with van der Waals surface area (Å²) in [6, 6.07) is 4.76. The molecule has 1 aromatic heterocycles. The standard InChI is InChI=1S/C18H16F4N2O2/c1-3-4-5-11-10-12(19)6-7-14(11)24-15-13(17(25)26-2)8-9-23-16(15)18(20,21)22/h3,6-10,24H,1,4-5H2,2H3. The molecule has 0 aliphatic heterocycles. The minimum atomic E-state index is -4.80. The smallest absolute Gasteiger partial charge is 0.435 e. The van der Waals surface area contributed by atoms with Crippen LogP contribution < -0.4 is 5.32 Å². The third-order valence-corrected chi connectivity index (χ3v) is 3.57. The van der Waals surface area contributed by atoms with Gasteiger partial charge in [0.2, 0.25) is 0 Å². The number of aromatic nitrogens is 1. The molecule has 0 saturated heterocycles. The lowest BCUT2D eigenvalue weighted by Gasteiger charge is -2.18. The molecule has 4 nitrogen and oxygen atoms in total. The molecule has 0 aliphatic carbocycles. The van der Waals surface area contributed by atoms with E-state index in [0.29, 0.717) is 18.4 Å². The first-order valence-corrected chi connectivity index (χ1v) is 7.58. The van der Waals surface area contributed by atoms with Crippen LogP contribution in [0.2, 0.25) is 0 Å². The fraction of sp³-hybridized carbons (Fsp3) is 0.222. The van der Waals surface area contributed by atoms with E-state index < -0.39 is 29.3 Å². The minimum Gasteiger partial charge on any atom is -0.465 e. The van der Waals surface area contributed by atoms with Gasteiger partial charge in [0.1, 0.15) is 5.82 Å². The van der Waals surface area contributed by atoms with E-state index in [-0.39, 0.29) is 11.3 Å². The van der Waals surface area contributed by atoms with E-state index in [4.69, 9.17) is 0 Å². The van der Waals surface area contributed by atoms with Gasteiger partial charge in [0.25, 0.3) is 0 Å². The van der Waals surface area contributed by atoms with Crippen molar-refractivity contribution in [2.45, 2.75) is 19.0 Å². The Morgan fingerprint density at radius 1 is 1.35 bits per heavy atom.